The minimum Gasteiger partial charge on any atom is -0.420 e. The Balaban J connectivity index is 1.31. The normalized spacial score (nSPS) is 13.8. The van der Waals surface area contributed by atoms with Gasteiger partial charge in [-0.2, -0.15) is 0 Å². The Morgan fingerprint density at radius 1 is 1.14 bits per heavy atom. The first-order valence-corrected chi connectivity index (χ1v) is 10.6. The molecule has 0 amide bonds. The third-order valence-corrected chi connectivity index (χ3v) is 6.19. The van der Waals surface area contributed by atoms with Crippen molar-refractivity contribution in [1.29, 1.82) is 0 Å². The van der Waals surface area contributed by atoms with Gasteiger partial charge in [-0.15, -0.1) is 20.4 Å². The molecule has 0 aliphatic heterocycles. The van der Waals surface area contributed by atoms with Gasteiger partial charge in [0, 0.05) is 11.6 Å². The Morgan fingerprint density at radius 2 is 2.00 bits per heavy atom. The third-order valence-electron chi connectivity index (χ3n) is 4.22. The molecule has 3 aromatic heterocycles. The summed E-state index contributed by atoms with van der Waals surface area (Å²) < 4.78 is 12.1. The van der Waals surface area contributed by atoms with Crippen LogP contribution < -0.4 is 5.32 Å². The molecule has 0 radical (unpaired) electrons. The average molecular weight is 413 g/mol. The molecule has 10 heteroatoms. The van der Waals surface area contributed by atoms with E-state index in [-0.39, 0.29) is 0 Å². The molecule has 0 spiro atoms. The number of hydrogen-bond donors (Lipinski definition) is 1. The highest BCUT2D eigenvalue weighted by atomic mass is 32.2. The molecule has 28 heavy (non-hydrogen) atoms. The van der Waals surface area contributed by atoms with Crippen molar-refractivity contribution in [2.45, 2.75) is 35.9 Å². The van der Waals surface area contributed by atoms with Crippen LogP contribution in [0.2, 0.25) is 0 Å². The molecule has 1 aromatic carbocycles. The second kappa shape index (κ2) is 7.36. The molecule has 8 nitrogen and oxygen atoms in total. The fraction of sp³-hybridized carbons (Fsp3) is 0.278. The van der Waals surface area contributed by atoms with Crippen LogP contribution in [0.1, 0.15) is 24.5 Å². The maximum atomic E-state index is 5.87. The predicted octanol–water partition coefficient (Wildman–Crippen LogP) is 4.42. The lowest BCUT2D eigenvalue weighted by molar-refractivity contribution is 0.399. The zero-order valence-electron chi connectivity index (χ0n) is 15.0. The van der Waals surface area contributed by atoms with Crippen molar-refractivity contribution in [2.24, 2.45) is 0 Å². The molecule has 1 aliphatic rings. The van der Waals surface area contributed by atoms with E-state index in [1.54, 1.807) is 11.3 Å². The van der Waals surface area contributed by atoms with Crippen molar-refractivity contribution < 1.29 is 8.94 Å². The van der Waals surface area contributed by atoms with Crippen LogP contribution >= 0.6 is 23.1 Å². The molecule has 4 aromatic rings. The van der Waals surface area contributed by atoms with Crippen molar-refractivity contribution in [2.75, 3.05) is 5.32 Å². The Morgan fingerprint density at radius 3 is 2.82 bits per heavy atom. The quantitative estimate of drug-likeness (QED) is 0.442. The van der Waals surface area contributed by atoms with E-state index in [2.05, 4.69) is 30.9 Å². The third kappa shape index (κ3) is 3.65. The van der Waals surface area contributed by atoms with E-state index in [4.69, 9.17) is 8.94 Å². The number of nitrogens with zero attached hydrogens (tertiary/aromatic N) is 5. The number of benzene rings is 1. The summed E-state index contributed by atoms with van der Waals surface area (Å²) in [5, 5.41) is 25.1. The standard InChI is InChI=1S/C18H16N6O2S2/c1-10-14(15(24-26-10)11-5-3-2-4-6-11)16-21-20-13(25-16)9-27-18-23-22-17(28-18)19-12-7-8-12/h2-6,12H,7-9H2,1H3,(H,19,22). The average Bonchev–Trinajstić information content (AvgIpc) is 3.08. The van der Waals surface area contributed by atoms with Crippen LogP contribution in [0.3, 0.4) is 0 Å². The molecular weight excluding hydrogens is 396 g/mol. The van der Waals surface area contributed by atoms with Crippen molar-refractivity contribution >= 4 is 28.2 Å². The minimum atomic E-state index is 0.404. The topological polar surface area (TPSA) is 103 Å². The maximum Gasteiger partial charge on any atom is 0.253 e. The fourth-order valence-electron chi connectivity index (χ4n) is 2.68. The van der Waals surface area contributed by atoms with E-state index in [9.17, 15) is 0 Å². The monoisotopic (exact) mass is 412 g/mol. The Kier molecular flexibility index (Phi) is 4.57. The highest BCUT2D eigenvalue weighted by Gasteiger charge is 2.23. The van der Waals surface area contributed by atoms with Gasteiger partial charge >= 0.3 is 0 Å². The predicted molar refractivity (Wildman–Crippen MR) is 106 cm³/mol. The van der Waals surface area contributed by atoms with E-state index in [0.717, 1.165) is 20.6 Å². The number of rotatable bonds is 7. The lowest BCUT2D eigenvalue weighted by Crippen LogP contribution is -1.99. The Labute approximate surface area is 168 Å². The van der Waals surface area contributed by atoms with Crippen molar-refractivity contribution in [3.05, 3.63) is 42.0 Å². The summed E-state index contributed by atoms with van der Waals surface area (Å²) in [5.41, 5.74) is 2.36. The summed E-state index contributed by atoms with van der Waals surface area (Å²) in [6, 6.07) is 10.4. The summed E-state index contributed by atoms with van der Waals surface area (Å²) in [7, 11) is 0. The van der Waals surface area contributed by atoms with Crippen LogP contribution in [0, 0.1) is 6.92 Å². The summed E-state index contributed by atoms with van der Waals surface area (Å²) in [4.78, 5) is 0. The number of nitrogens with one attached hydrogen (secondary N) is 1. The molecule has 1 saturated carbocycles. The lowest BCUT2D eigenvalue weighted by atomic mass is 10.1. The second-order valence-corrected chi connectivity index (χ2v) is 8.61. The van der Waals surface area contributed by atoms with Gasteiger partial charge in [0.05, 0.1) is 5.75 Å². The van der Waals surface area contributed by atoms with E-state index < -0.39 is 0 Å². The van der Waals surface area contributed by atoms with Gasteiger partial charge in [0.2, 0.25) is 11.0 Å². The molecule has 1 aliphatic carbocycles. The van der Waals surface area contributed by atoms with Gasteiger partial charge < -0.3 is 14.3 Å². The summed E-state index contributed by atoms with van der Waals surface area (Å²) >= 11 is 3.07. The van der Waals surface area contributed by atoms with Crippen molar-refractivity contribution in [3.8, 4) is 22.7 Å². The number of aromatic nitrogens is 5. The van der Waals surface area contributed by atoms with Crippen molar-refractivity contribution in [1.82, 2.24) is 25.6 Å². The van der Waals surface area contributed by atoms with Crippen LogP contribution in [-0.2, 0) is 5.75 Å². The smallest absolute Gasteiger partial charge is 0.253 e. The molecule has 3 heterocycles. The fourth-order valence-corrected chi connectivity index (χ4v) is 4.35. The molecule has 1 fully saturated rings. The molecule has 0 unspecified atom stereocenters. The van der Waals surface area contributed by atoms with Gasteiger partial charge in [-0.05, 0) is 19.8 Å². The van der Waals surface area contributed by atoms with Crippen LogP contribution in [-0.4, -0.2) is 31.6 Å². The van der Waals surface area contributed by atoms with Gasteiger partial charge in [-0.1, -0.05) is 58.6 Å². The van der Waals surface area contributed by atoms with E-state index >= 15 is 0 Å². The van der Waals surface area contributed by atoms with Crippen LogP contribution in [0.15, 0.2) is 43.6 Å². The summed E-state index contributed by atoms with van der Waals surface area (Å²) in [5.74, 6) is 2.09. The maximum absolute atomic E-state index is 5.87. The first kappa shape index (κ1) is 17.4. The number of hydrogen-bond acceptors (Lipinski definition) is 10. The van der Waals surface area contributed by atoms with Gasteiger partial charge in [0.1, 0.15) is 17.0 Å². The number of anilines is 1. The van der Waals surface area contributed by atoms with Gasteiger partial charge in [-0.25, -0.2) is 0 Å². The summed E-state index contributed by atoms with van der Waals surface area (Å²) in [6.45, 7) is 1.84. The molecular formula is C18H16N6O2S2. The highest BCUT2D eigenvalue weighted by molar-refractivity contribution is 8.00. The van der Waals surface area contributed by atoms with Crippen LogP contribution in [0.4, 0.5) is 5.13 Å². The highest BCUT2D eigenvalue weighted by Crippen LogP contribution is 2.35. The van der Waals surface area contributed by atoms with E-state index in [0.29, 0.717) is 35.0 Å². The number of thioether (sulfide) groups is 1. The van der Waals surface area contributed by atoms with Crippen LogP contribution in [0.5, 0.6) is 0 Å². The molecule has 5 rings (SSSR count). The van der Waals surface area contributed by atoms with E-state index in [1.807, 2.05) is 37.3 Å². The molecule has 1 N–H and O–H groups in total. The molecule has 0 bridgehead atoms. The zero-order valence-corrected chi connectivity index (χ0v) is 16.6. The van der Waals surface area contributed by atoms with Gasteiger partial charge in [-0.3, -0.25) is 0 Å². The first-order valence-electron chi connectivity index (χ1n) is 8.83. The van der Waals surface area contributed by atoms with Gasteiger partial charge in [0.15, 0.2) is 4.34 Å². The first-order chi connectivity index (χ1) is 13.8. The minimum absolute atomic E-state index is 0.404. The number of aryl methyl sites for hydroxylation is 1. The van der Waals surface area contributed by atoms with Crippen molar-refractivity contribution in [3.63, 3.8) is 0 Å². The second-order valence-electron chi connectivity index (χ2n) is 6.41. The van der Waals surface area contributed by atoms with Crippen LogP contribution in [0.25, 0.3) is 22.7 Å². The Bertz CT molecular complexity index is 1090. The largest absolute Gasteiger partial charge is 0.420 e. The SMILES string of the molecule is Cc1onc(-c2ccccc2)c1-c1nnc(CSc2nnc(NC3CC3)s2)o1. The molecule has 0 atom stereocenters. The molecule has 0 saturated heterocycles. The lowest BCUT2D eigenvalue weighted by Gasteiger charge is -1.98. The zero-order chi connectivity index (χ0) is 18.9. The molecule has 142 valence electrons. The van der Waals surface area contributed by atoms with E-state index in [1.165, 1.54) is 24.6 Å². The van der Waals surface area contributed by atoms with Gasteiger partial charge in [0.25, 0.3) is 5.89 Å². The Hall–Kier alpha value is -2.72. The summed E-state index contributed by atoms with van der Waals surface area (Å²) in [6.07, 6.45) is 2.42.